The molecule has 1 aliphatic carbocycles. The molecular formula is C8H11NS. The molecule has 0 aromatic heterocycles. The molecular weight excluding hydrogens is 142 g/mol. The van der Waals surface area contributed by atoms with Crippen molar-refractivity contribution >= 4 is 17.1 Å². The van der Waals surface area contributed by atoms with Crippen LogP contribution in [-0.2, 0) is 0 Å². The van der Waals surface area contributed by atoms with Gasteiger partial charge in [-0.15, -0.1) is 0 Å². The molecule has 0 heterocycles. The van der Waals surface area contributed by atoms with Crippen LogP contribution in [0.25, 0.3) is 0 Å². The average Bonchev–Trinajstić information content (AvgIpc) is 1.88. The Kier molecular flexibility index (Phi) is 2.22. The molecule has 0 fully saturated rings. The maximum absolute atomic E-state index is 5.57. The summed E-state index contributed by atoms with van der Waals surface area (Å²) in [5, 5.41) is 0. The van der Waals surface area contributed by atoms with Crippen molar-refractivity contribution in [2.24, 2.45) is 5.73 Å². The summed E-state index contributed by atoms with van der Waals surface area (Å²) in [6, 6.07) is 0. The van der Waals surface area contributed by atoms with Crippen LogP contribution in [0.3, 0.4) is 0 Å². The van der Waals surface area contributed by atoms with Crippen LogP contribution in [0.15, 0.2) is 23.4 Å². The van der Waals surface area contributed by atoms with Crippen LogP contribution in [0, 0.1) is 0 Å². The zero-order valence-corrected chi connectivity index (χ0v) is 6.87. The number of rotatable bonds is 1. The molecule has 0 aromatic carbocycles. The third kappa shape index (κ3) is 1.45. The first-order valence-electron chi connectivity index (χ1n) is 3.42. The van der Waals surface area contributed by atoms with Gasteiger partial charge in [0, 0.05) is 17.0 Å². The Hall–Kier alpha value is -0.630. The third-order valence-electron chi connectivity index (χ3n) is 1.60. The Balaban J connectivity index is 2.82. The summed E-state index contributed by atoms with van der Waals surface area (Å²) in [5.41, 5.74) is 7.70. The van der Waals surface area contributed by atoms with Gasteiger partial charge in [0.05, 0.1) is 0 Å². The van der Waals surface area contributed by atoms with E-state index >= 15 is 0 Å². The van der Waals surface area contributed by atoms with E-state index in [4.69, 9.17) is 18.0 Å². The second kappa shape index (κ2) is 2.97. The lowest BCUT2D eigenvalue weighted by molar-refractivity contribution is 1.12. The van der Waals surface area contributed by atoms with Crippen molar-refractivity contribution in [1.29, 1.82) is 0 Å². The molecule has 0 atom stereocenters. The number of hydrogen-bond donors (Lipinski definition) is 1. The first-order valence-corrected chi connectivity index (χ1v) is 3.83. The summed E-state index contributed by atoms with van der Waals surface area (Å²) in [4.78, 5) is 1.00. The molecule has 0 bridgehead atoms. The largest absolute Gasteiger partial charge is 0.402 e. The van der Waals surface area contributed by atoms with Crippen molar-refractivity contribution in [3.05, 3.63) is 23.4 Å². The Morgan fingerprint density at radius 2 is 2.30 bits per heavy atom. The van der Waals surface area contributed by atoms with E-state index in [1.165, 1.54) is 5.57 Å². The fourth-order valence-electron chi connectivity index (χ4n) is 0.973. The minimum atomic E-state index is 0.773. The summed E-state index contributed by atoms with van der Waals surface area (Å²) in [7, 11) is 0. The van der Waals surface area contributed by atoms with E-state index in [-0.39, 0.29) is 0 Å². The predicted molar refractivity (Wildman–Crippen MR) is 47.9 cm³/mol. The highest BCUT2D eigenvalue weighted by atomic mass is 32.1. The first kappa shape index (κ1) is 7.48. The quantitative estimate of drug-likeness (QED) is 0.583. The molecule has 0 saturated heterocycles. The molecule has 0 aliphatic heterocycles. The molecule has 10 heavy (non-hydrogen) atoms. The minimum absolute atomic E-state index is 0.773. The molecule has 0 unspecified atom stereocenters. The average molecular weight is 153 g/mol. The van der Waals surface area contributed by atoms with Gasteiger partial charge >= 0.3 is 0 Å². The Bertz CT molecular complexity index is 213. The van der Waals surface area contributed by atoms with Crippen LogP contribution >= 0.6 is 12.2 Å². The van der Waals surface area contributed by atoms with Gasteiger partial charge in [-0.2, -0.15) is 0 Å². The highest BCUT2D eigenvalue weighted by Crippen LogP contribution is 2.15. The van der Waals surface area contributed by atoms with E-state index in [9.17, 15) is 0 Å². The molecule has 1 nitrogen and oxygen atoms in total. The topological polar surface area (TPSA) is 26.0 Å². The van der Waals surface area contributed by atoms with Crippen LogP contribution < -0.4 is 5.73 Å². The van der Waals surface area contributed by atoms with E-state index in [0.717, 1.165) is 23.4 Å². The summed E-state index contributed by atoms with van der Waals surface area (Å²) in [6.45, 7) is 2.10. The fourth-order valence-corrected chi connectivity index (χ4v) is 1.35. The van der Waals surface area contributed by atoms with Crippen LogP contribution in [-0.4, -0.2) is 4.86 Å². The summed E-state index contributed by atoms with van der Waals surface area (Å²) in [5.74, 6) is 0. The lowest BCUT2D eigenvalue weighted by Gasteiger charge is -2.10. The smallest absolute Gasteiger partial charge is 0.0242 e. The van der Waals surface area contributed by atoms with Gasteiger partial charge in [0.2, 0.25) is 0 Å². The second-order valence-corrected chi connectivity index (χ2v) is 2.88. The van der Waals surface area contributed by atoms with Crippen molar-refractivity contribution in [2.75, 3.05) is 0 Å². The Labute approximate surface area is 66.6 Å². The van der Waals surface area contributed by atoms with E-state index < -0.39 is 0 Å². The van der Waals surface area contributed by atoms with Crippen LogP contribution in [0.2, 0.25) is 0 Å². The normalized spacial score (nSPS) is 18.3. The van der Waals surface area contributed by atoms with Crippen molar-refractivity contribution in [3.8, 4) is 0 Å². The van der Waals surface area contributed by atoms with Crippen molar-refractivity contribution in [1.82, 2.24) is 0 Å². The number of hydrogen-bond acceptors (Lipinski definition) is 2. The molecule has 1 aliphatic rings. The Morgan fingerprint density at radius 3 is 2.80 bits per heavy atom. The SMILES string of the molecule is CCC1=CC=C(N)CC1=S. The summed E-state index contributed by atoms with van der Waals surface area (Å²) >= 11 is 5.11. The van der Waals surface area contributed by atoms with E-state index in [1.54, 1.807) is 0 Å². The zero-order chi connectivity index (χ0) is 7.56. The highest BCUT2D eigenvalue weighted by molar-refractivity contribution is 7.80. The summed E-state index contributed by atoms with van der Waals surface area (Å²) in [6.07, 6.45) is 5.74. The standard InChI is InChI=1S/C8H11NS/c1-2-6-3-4-7(9)5-8(6)10/h3-4H,2,5,9H2,1H3. The predicted octanol–water partition coefficient (Wildman–Crippen LogP) is 1.94. The molecule has 2 N–H and O–H groups in total. The van der Waals surface area contributed by atoms with Gasteiger partial charge in [-0.3, -0.25) is 0 Å². The van der Waals surface area contributed by atoms with E-state index in [1.807, 2.05) is 12.2 Å². The fraction of sp³-hybridized carbons (Fsp3) is 0.375. The zero-order valence-electron chi connectivity index (χ0n) is 6.05. The van der Waals surface area contributed by atoms with E-state index in [2.05, 4.69) is 6.92 Å². The monoisotopic (exact) mass is 153 g/mol. The summed E-state index contributed by atoms with van der Waals surface area (Å²) < 4.78 is 0. The van der Waals surface area contributed by atoms with Crippen molar-refractivity contribution < 1.29 is 0 Å². The number of thiocarbonyl (C=S) groups is 1. The third-order valence-corrected chi connectivity index (χ3v) is 2.01. The minimum Gasteiger partial charge on any atom is -0.402 e. The lowest BCUT2D eigenvalue weighted by Crippen LogP contribution is -2.09. The maximum atomic E-state index is 5.57. The van der Waals surface area contributed by atoms with Gasteiger partial charge in [-0.1, -0.05) is 25.2 Å². The number of nitrogens with two attached hydrogens (primary N) is 1. The molecule has 0 aromatic rings. The van der Waals surface area contributed by atoms with Crippen LogP contribution in [0.4, 0.5) is 0 Å². The van der Waals surface area contributed by atoms with Gasteiger partial charge in [0.25, 0.3) is 0 Å². The first-order chi connectivity index (χ1) is 4.74. The molecule has 0 saturated carbocycles. The van der Waals surface area contributed by atoms with Gasteiger partial charge in [-0.05, 0) is 18.1 Å². The van der Waals surface area contributed by atoms with E-state index in [0.29, 0.717) is 0 Å². The molecule has 54 valence electrons. The lowest BCUT2D eigenvalue weighted by atomic mass is 10.0. The molecule has 0 amide bonds. The van der Waals surface area contributed by atoms with Gasteiger partial charge in [0.15, 0.2) is 0 Å². The van der Waals surface area contributed by atoms with Crippen LogP contribution in [0.5, 0.6) is 0 Å². The second-order valence-electron chi connectivity index (χ2n) is 2.39. The molecule has 1 rings (SSSR count). The molecule has 0 radical (unpaired) electrons. The Morgan fingerprint density at radius 1 is 1.60 bits per heavy atom. The molecule has 0 spiro atoms. The van der Waals surface area contributed by atoms with Gasteiger partial charge in [-0.25, -0.2) is 0 Å². The van der Waals surface area contributed by atoms with Gasteiger partial charge in [0.1, 0.15) is 0 Å². The highest BCUT2D eigenvalue weighted by Gasteiger charge is 2.07. The van der Waals surface area contributed by atoms with Crippen molar-refractivity contribution in [3.63, 3.8) is 0 Å². The van der Waals surface area contributed by atoms with Gasteiger partial charge < -0.3 is 5.73 Å². The molecule has 2 heteroatoms. The van der Waals surface area contributed by atoms with Crippen molar-refractivity contribution in [2.45, 2.75) is 19.8 Å². The number of allylic oxidation sites excluding steroid dienone is 4. The maximum Gasteiger partial charge on any atom is 0.0242 e. The van der Waals surface area contributed by atoms with Crippen LogP contribution in [0.1, 0.15) is 19.8 Å².